The maximum atomic E-state index is 13.3. The number of halogens is 3. The van der Waals surface area contributed by atoms with Crippen LogP contribution < -0.4 is 5.76 Å². The first-order valence-electron chi connectivity index (χ1n) is 3.79. The summed E-state index contributed by atoms with van der Waals surface area (Å²) < 4.78 is 31.1. The Labute approximate surface area is 90.0 Å². The second-order valence-electron chi connectivity index (χ2n) is 2.69. The minimum atomic E-state index is -0.869. The lowest BCUT2D eigenvalue weighted by Gasteiger charge is -2.00. The Morgan fingerprint density at radius 3 is 2.40 bits per heavy atom. The molecular weight excluding hydrogens is 274 g/mol. The van der Waals surface area contributed by atoms with E-state index in [4.69, 9.17) is 0 Å². The van der Waals surface area contributed by atoms with Crippen molar-refractivity contribution >= 4 is 15.9 Å². The van der Waals surface area contributed by atoms with E-state index in [0.29, 0.717) is 0 Å². The highest BCUT2D eigenvalue weighted by Crippen LogP contribution is 2.25. The molecule has 1 N–H and O–H groups in total. The summed E-state index contributed by atoms with van der Waals surface area (Å²) in [5, 5.41) is 3.20. The molecule has 0 saturated carbocycles. The predicted octanol–water partition coefficient (Wildman–Crippen LogP) is 2.07. The van der Waals surface area contributed by atoms with Crippen LogP contribution in [0.5, 0.6) is 0 Å². The number of benzene rings is 1. The van der Waals surface area contributed by atoms with Crippen LogP contribution in [0.2, 0.25) is 0 Å². The molecule has 0 aliphatic carbocycles. The molecule has 0 fully saturated rings. The molecular formula is C8H3BrF2N2O2. The van der Waals surface area contributed by atoms with E-state index >= 15 is 0 Å². The van der Waals surface area contributed by atoms with Gasteiger partial charge < -0.3 is 0 Å². The van der Waals surface area contributed by atoms with E-state index in [9.17, 15) is 13.6 Å². The zero-order valence-electron chi connectivity index (χ0n) is 7.05. The van der Waals surface area contributed by atoms with E-state index in [-0.39, 0.29) is 10.3 Å². The number of hydrogen-bond donors (Lipinski definition) is 1. The van der Waals surface area contributed by atoms with E-state index in [0.717, 1.165) is 12.1 Å². The van der Waals surface area contributed by atoms with E-state index in [2.05, 4.69) is 30.6 Å². The van der Waals surface area contributed by atoms with Gasteiger partial charge in [-0.15, -0.1) is 0 Å². The van der Waals surface area contributed by atoms with E-state index < -0.39 is 23.0 Å². The molecule has 0 unspecified atom stereocenters. The minimum absolute atomic E-state index is 0.257. The molecule has 0 saturated heterocycles. The molecule has 78 valence electrons. The van der Waals surface area contributed by atoms with Gasteiger partial charge in [0.2, 0.25) is 0 Å². The highest BCUT2D eigenvalue weighted by molar-refractivity contribution is 9.10. The SMILES string of the molecule is O=c1[nH]c(-c2c(F)cc(Br)cc2F)no1. The van der Waals surface area contributed by atoms with Crippen molar-refractivity contribution in [1.29, 1.82) is 0 Å². The van der Waals surface area contributed by atoms with Crippen molar-refractivity contribution in [1.82, 2.24) is 10.1 Å². The van der Waals surface area contributed by atoms with Crippen molar-refractivity contribution in [3.8, 4) is 11.4 Å². The normalized spacial score (nSPS) is 10.6. The number of H-pyrrole nitrogens is 1. The Morgan fingerprint density at radius 2 is 1.93 bits per heavy atom. The van der Waals surface area contributed by atoms with Gasteiger partial charge in [-0.05, 0) is 12.1 Å². The minimum Gasteiger partial charge on any atom is -0.296 e. The van der Waals surface area contributed by atoms with Crippen LogP contribution in [0.15, 0.2) is 25.9 Å². The molecule has 0 aliphatic heterocycles. The largest absolute Gasteiger partial charge is 0.439 e. The fraction of sp³-hybridized carbons (Fsp3) is 0. The monoisotopic (exact) mass is 276 g/mol. The standard InChI is InChI=1S/C8H3BrF2N2O2/c9-3-1-4(10)6(5(11)2-3)7-12-8(14)15-13-7/h1-2H,(H,12,13,14). The molecule has 1 aromatic carbocycles. The second kappa shape index (κ2) is 3.58. The second-order valence-corrected chi connectivity index (χ2v) is 3.60. The van der Waals surface area contributed by atoms with Gasteiger partial charge in [-0.25, -0.2) is 13.6 Å². The third-order valence-corrected chi connectivity index (χ3v) is 2.14. The molecule has 0 amide bonds. The van der Waals surface area contributed by atoms with Gasteiger partial charge in [0, 0.05) is 4.47 Å². The van der Waals surface area contributed by atoms with Gasteiger partial charge in [0.25, 0.3) is 0 Å². The van der Waals surface area contributed by atoms with Crippen LogP contribution in [0, 0.1) is 11.6 Å². The molecule has 4 nitrogen and oxygen atoms in total. The van der Waals surface area contributed by atoms with Crippen LogP contribution in [-0.2, 0) is 0 Å². The van der Waals surface area contributed by atoms with Gasteiger partial charge >= 0.3 is 5.76 Å². The summed E-state index contributed by atoms with van der Waals surface area (Å²) in [6.45, 7) is 0. The summed E-state index contributed by atoms with van der Waals surface area (Å²) in [6, 6.07) is 2.12. The van der Waals surface area contributed by atoms with E-state index in [1.165, 1.54) is 0 Å². The molecule has 2 rings (SSSR count). The van der Waals surface area contributed by atoms with E-state index in [1.807, 2.05) is 0 Å². The number of aromatic nitrogens is 2. The summed E-state index contributed by atoms with van der Waals surface area (Å²) in [4.78, 5) is 12.7. The lowest BCUT2D eigenvalue weighted by Crippen LogP contribution is -1.97. The molecule has 0 spiro atoms. The molecule has 1 heterocycles. The van der Waals surface area contributed by atoms with Gasteiger partial charge in [0.1, 0.15) is 11.6 Å². The summed E-state index contributed by atoms with van der Waals surface area (Å²) >= 11 is 2.93. The molecule has 0 radical (unpaired) electrons. The zero-order chi connectivity index (χ0) is 11.0. The van der Waals surface area contributed by atoms with Gasteiger partial charge in [-0.2, -0.15) is 0 Å². The number of nitrogens with zero attached hydrogens (tertiary/aromatic N) is 1. The lowest BCUT2D eigenvalue weighted by molar-refractivity contribution is 0.387. The summed E-state index contributed by atoms with van der Waals surface area (Å²) in [5.74, 6) is -2.83. The Hall–Kier alpha value is -1.50. The van der Waals surface area contributed by atoms with Gasteiger partial charge in [-0.3, -0.25) is 9.51 Å². The van der Waals surface area contributed by atoms with Crippen LogP contribution in [0.25, 0.3) is 11.4 Å². The highest BCUT2D eigenvalue weighted by atomic mass is 79.9. The maximum Gasteiger partial charge on any atom is 0.439 e. The topological polar surface area (TPSA) is 58.9 Å². The van der Waals surface area contributed by atoms with Crippen molar-refractivity contribution in [2.75, 3.05) is 0 Å². The van der Waals surface area contributed by atoms with Crippen LogP contribution >= 0.6 is 15.9 Å². The van der Waals surface area contributed by atoms with Crippen molar-refractivity contribution in [2.45, 2.75) is 0 Å². The predicted molar refractivity (Wildman–Crippen MR) is 50.2 cm³/mol. The third-order valence-electron chi connectivity index (χ3n) is 1.68. The Kier molecular flexibility index (Phi) is 2.39. The maximum absolute atomic E-state index is 13.3. The first-order valence-corrected chi connectivity index (χ1v) is 4.58. The van der Waals surface area contributed by atoms with Gasteiger partial charge in [0.05, 0.1) is 5.56 Å². The van der Waals surface area contributed by atoms with Crippen molar-refractivity contribution in [3.05, 3.63) is 38.8 Å². The highest BCUT2D eigenvalue weighted by Gasteiger charge is 2.16. The Morgan fingerprint density at radius 1 is 1.33 bits per heavy atom. The van der Waals surface area contributed by atoms with Crippen LogP contribution in [0.4, 0.5) is 8.78 Å². The summed E-state index contributed by atoms with van der Waals surface area (Å²) in [6.07, 6.45) is 0. The zero-order valence-corrected chi connectivity index (χ0v) is 8.64. The summed E-state index contributed by atoms with van der Waals surface area (Å²) in [7, 11) is 0. The molecule has 7 heteroatoms. The number of nitrogens with one attached hydrogen (secondary N) is 1. The smallest absolute Gasteiger partial charge is 0.296 e. The van der Waals surface area contributed by atoms with Crippen LogP contribution in [-0.4, -0.2) is 10.1 Å². The van der Waals surface area contributed by atoms with Crippen molar-refractivity contribution in [3.63, 3.8) is 0 Å². The van der Waals surface area contributed by atoms with Gasteiger partial charge in [-0.1, -0.05) is 21.1 Å². The lowest BCUT2D eigenvalue weighted by atomic mass is 10.2. The average Bonchev–Trinajstić information content (AvgIpc) is 2.49. The van der Waals surface area contributed by atoms with Crippen molar-refractivity contribution < 1.29 is 13.3 Å². The van der Waals surface area contributed by atoms with E-state index in [1.54, 1.807) is 0 Å². The molecule has 2 aromatic rings. The van der Waals surface area contributed by atoms with Crippen molar-refractivity contribution in [2.24, 2.45) is 0 Å². The first kappa shape index (κ1) is 10.0. The molecule has 15 heavy (non-hydrogen) atoms. The molecule has 1 aromatic heterocycles. The molecule has 0 atom stereocenters. The van der Waals surface area contributed by atoms with Crippen LogP contribution in [0.3, 0.4) is 0 Å². The fourth-order valence-corrected chi connectivity index (χ4v) is 1.51. The third kappa shape index (κ3) is 1.82. The number of hydrogen-bond acceptors (Lipinski definition) is 3. The quantitative estimate of drug-likeness (QED) is 0.868. The number of rotatable bonds is 1. The Balaban J connectivity index is 2.67. The molecule has 0 aliphatic rings. The Bertz CT molecular complexity index is 541. The fourth-order valence-electron chi connectivity index (χ4n) is 1.11. The number of aromatic amines is 1. The summed E-state index contributed by atoms with van der Waals surface area (Å²) in [5.41, 5.74) is -0.427. The molecule has 0 bridgehead atoms. The van der Waals surface area contributed by atoms with Gasteiger partial charge in [0.15, 0.2) is 5.82 Å². The first-order chi connectivity index (χ1) is 7.08. The van der Waals surface area contributed by atoms with Crippen LogP contribution in [0.1, 0.15) is 0 Å². The average molecular weight is 277 g/mol.